The van der Waals surface area contributed by atoms with E-state index in [-0.39, 0.29) is 23.7 Å². The van der Waals surface area contributed by atoms with Gasteiger partial charge in [0.05, 0.1) is 30.5 Å². The number of thiazole rings is 1. The number of carbonyl (C=O) groups excluding carboxylic acids is 2. The topological polar surface area (TPSA) is 127 Å². The summed E-state index contributed by atoms with van der Waals surface area (Å²) >= 11 is 1.30. The second kappa shape index (κ2) is 8.06. The minimum absolute atomic E-state index is 0.0184. The molecule has 0 bridgehead atoms. The number of aromatic hydroxyl groups is 1. The normalized spacial score (nSPS) is 10.7. The molecule has 1 aromatic heterocycles. The Balaban J connectivity index is 1.97. The van der Waals surface area contributed by atoms with E-state index in [2.05, 4.69) is 15.5 Å². The molecule has 8 nitrogen and oxygen atoms in total. The van der Waals surface area contributed by atoms with Crippen molar-refractivity contribution in [1.29, 1.82) is 0 Å². The molecule has 4 N–H and O–H groups in total. The van der Waals surface area contributed by atoms with Gasteiger partial charge in [0.2, 0.25) is 5.13 Å². The van der Waals surface area contributed by atoms with E-state index in [0.29, 0.717) is 23.0 Å². The lowest BCUT2D eigenvalue weighted by Gasteiger charge is -2.01. The second-order valence-electron chi connectivity index (χ2n) is 4.64. The number of rotatable bonds is 7. The summed E-state index contributed by atoms with van der Waals surface area (Å²) in [6.45, 7) is 2.08. The van der Waals surface area contributed by atoms with Crippen LogP contribution in [0.3, 0.4) is 0 Å². The number of nitrogens with zero attached hydrogens (tertiary/aromatic N) is 2. The van der Waals surface area contributed by atoms with Crippen LogP contribution < -0.4 is 11.2 Å². The highest BCUT2D eigenvalue weighted by Crippen LogP contribution is 2.18. The van der Waals surface area contributed by atoms with Gasteiger partial charge in [-0.05, 0) is 30.7 Å². The van der Waals surface area contributed by atoms with Gasteiger partial charge in [0, 0.05) is 5.38 Å². The summed E-state index contributed by atoms with van der Waals surface area (Å²) in [6.07, 6.45) is 1.56. The molecule has 0 fully saturated rings. The predicted molar refractivity (Wildman–Crippen MR) is 90.3 cm³/mol. The Morgan fingerprint density at radius 2 is 2.29 bits per heavy atom. The van der Waals surface area contributed by atoms with Gasteiger partial charge < -0.3 is 15.6 Å². The fourth-order valence-electron chi connectivity index (χ4n) is 1.79. The fraction of sp³-hybridized carbons (Fsp3) is 0.200. The van der Waals surface area contributed by atoms with Gasteiger partial charge in [-0.15, -0.1) is 11.3 Å². The van der Waals surface area contributed by atoms with Crippen molar-refractivity contribution in [3.63, 3.8) is 0 Å². The average molecular weight is 348 g/mol. The molecular weight excluding hydrogens is 332 g/mol. The zero-order chi connectivity index (χ0) is 17.5. The number of primary amides is 1. The first-order valence-electron chi connectivity index (χ1n) is 7.01. The monoisotopic (exact) mass is 348 g/mol. The van der Waals surface area contributed by atoms with E-state index in [1.807, 2.05) is 0 Å². The van der Waals surface area contributed by atoms with Crippen molar-refractivity contribution in [1.82, 2.24) is 4.98 Å². The van der Waals surface area contributed by atoms with E-state index in [0.717, 1.165) is 0 Å². The number of esters is 1. The molecule has 24 heavy (non-hydrogen) atoms. The molecule has 1 heterocycles. The minimum atomic E-state index is -0.723. The highest BCUT2D eigenvalue weighted by atomic mass is 32.1. The molecule has 9 heteroatoms. The lowest BCUT2D eigenvalue weighted by molar-refractivity contribution is -0.142. The first kappa shape index (κ1) is 17.4. The molecule has 0 atom stereocenters. The summed E-state index contributed by atoms with van der Waals surface area (Å²) in [7, 11) is 0. The molecule has 0 saturated carbocycles. The van der Waals surface area contributed by atoms with E-state index >= 15 is 0 Å². The SMILES string of the molecule is CCOC(=O)Cc1csc(NN=Cc2ccc(O)c(C(N)=O)c2)n1. The maximum absolute atomic E-state index is 11.4. The van der Waals surface area contributed by atoms with Crippen LogP contribution in [0.15, 0.2) is 28.7 Å². The molecule has 0 unspecified atom stereocenters. The quantitative estimate of drug-likeness (QED) is 0.395. The van der Waals surface area contributed by atoms with Gasteiger partial charge in [0.15, 0.2) is 0 Å². The summed E-state index contributed by atoms with van der Waals surface area (Å²) < 4.78 is 4.85. The highest BCUT2D eigenvalue weighted by Gasteiger charge is 2.09. The zero-order valence-electron chi connectivity index (χ0n) is 12.9. The number of aromatic nitrogens is 1. The zero-order valence-corrected chi connectivity index (χ0v) is 13.7. The molecule has 0 aliphatic heterocycles. The molecule has 0 aliphatic rings. The predicted octanol–water partition coefficient (Wildman–Crippen LogP) is 1.50. The number of hydrogen-bond donors (Lipinski definition) is 3. The van der Waals surface area contributed by atoms with Crippen molar-refractivity contribution in [2.75, 3.05) is 12.0 Å². The van der Waals surface area contributed by atoms with Crippen LogP contribution in [0.4, 0.5) is 5.13 Å². The highest BCUT2D eigenvalue weighted by molar-refractivity contribution is 7.13. The van der Waals surface area contributed by atoms with Gasteiger partial charge in [-0.3, -0.25) is 15.0 Å². The Morgan fingerprint density at radius 1 is 1.50 bits per heavy atom. The summed E-state index contributed by atoms with van der Waals surface area (Å²) in [4.78, 5) is 26.7. The van der Waals surface area contributed by atoms with Gasteiger partial charge in [-0.1, -0.05) is 0 Å². The summed E-state index contributed by atoms with van der Waals surface area (Å²) in [5, 5.41) is 15.8. The maximum Gasteiger partial charge on any atom is 0.311 e. The Labute approximate surface area is 142 Å². The number of nitrogens with two attached hydrogens (primary N) is 1. The molecule has 2 aromatic rings. The van der Waals surface area contributed by atoms with Gasteiger partial charge >= 0.3 is 5.97 Å². The number of hydrogen-bond acceptors (Lipinski definition) is 8. The van der Waals surface area contributed by atoms with Crippen LogP contribution in [0, 0.1) is 0 Å². The van der Waals surface area contributed by atoms with Gasteiger partial charge in [0.1, 0.15) is 5.75 Å². The molecular formula is C15H16N4O4S. The lowest BCUT2D eigenvalue weighted by Crippen LogP contribution is -2.11. The second-order valence-corrected chi connectivity index (χ2v) is 5.49. The molecule has 2 rings (SSSR count). The van der Waals surface area contributed by atoms with Crippen LogP contribution in [0.5, 0.6) is 5.75 Å². The Bertz CT molecular complexity index is 773. The third kappa shape index (κ3) is 4.78. The van der Waals surface area contributed by atoms with Crippen molar-refractivity contribution >= 4 is 34.6 Å². The number of amides is 1. The van der Waals surface area contributed by atoms with Gasteiger partial charge in [-0.25, -0.2) is 4.98 Å². The van der Waals surface area contributed by atoms with Crippen LogP contribution in [0.25, 0.3) is 0 Å². The molecule has 1 aromatic carbocycles. The van der Waals surface area contributed by atoms with E-state index in [1.165, 1.54) is 29.7 Å². The van der Waals surface area contributed by atoms with Crippen molar-refractivity contribution < 1.29 is 19.4 Å². The van der Waals surface area contributed by atoms with Crippen molar-refractivity contribution in [3.05, 3.63) is 40.4 Å². The van der Waals surface area contributed by atoms with Crippen LogP contribution in [0.2, 0.25) is 0 Å². The molecule has 126 valence electrons. The molecule has 0 saturated heterocycles. The Morgan fingerprint density at radius 3 is 3.00 bits per heavy atom. The number of anilines is 1. The number of hydrazone groups is 1. The smallest absolute Gasteiger partial charge is 0.311 e. The number of benzene rings is 1. The lowest BCUT2D eigenvalue weighted by atomic mass is 10.1. The summed E-state index contributed by atoms with van der Waals surface area (Å²) in [6, 6.07) is 4.38. The van der Waals surface area contributed by atoms with Crippen LogP contribution >= 0.6 is 11.3 Å². The third-order valence-electron chi connectivity index (χ3n) is 2.84. The van der Waals surface area contributed by atoms with Crippen molar-refractivity contribution in [3.8, 4) is 5.75 Å². The van der Waals surface area contributed by atoms with Gasteiger partial charge in [0.25, 0.3) is 5.91 Å². The van der Waals surface area contributed by atoms with Crippen molar-refractivity contribution in [2.45, 2.75) is 13.3 Å². The van der Waals surface area contributed by atoms with E-state index in [1.54, 1.807) is 18.4 Å². The third-order valence-corrected chi connectivity index (χ3v) is 3.64. The molecule has 0 radical (unpaired) electrons. The maximum atomic E-state index is 11.4. The standard InChI is InChI=1S/C15H16N4O4S/c1-2-23-13(21)6-10-8-24-15(18-10)19-17-7-9-3-4-12(20)11(5-9)14(16)22/h3-5,7-8,20H,2,6H2,1H3,(H2,16,22)(H,18,19). The fourth-order valence-corrected chi connectivity index (χ4v) is 2.45. The molecule has 0 aliphatic carbocycles. The van der Waals surface area contributed by atoms with Crippen LogP contribution in [-0.2, 0) is 16.0 Å². The van der Waals surface area contributed by atoms with E-state index in [4.69, 9.17) is 10.5 Å². The minimum Gasteiger partial charge on any atom is -0.507 e. The largest absolute Gasteiger partial charge is 0.507 e. The first-order valence-corrected chi connectivity index (χ1v) is 7.89. The van der Waals surface area contributed by atoms with E-state index < -0.39 is 5.91 Å². The summed E-state index contributed by atoms with van der Waals surface area (Å²) in [5.74, 6) is -1.24. The van der Waals surface area contributed by atoms with Crippen LogP contribution in [0.1, 0.15) is 28.5 Å². The Hall–Kier alpha value is -2.94. The van der Waals surface area contributed by atoms with Gasteiger partial charge in [-0.2, -0.15) is 5.10 Å². The number of ether oxygens (including phenoxy) is 1. The van der Waals surface area contributed by atoms with Crippen molar-refractivity contribution in [2.24, 2.45) is 10.8 Å². The number of phenols is 1. The van der Waals surface area contributed by atoms with Crippen LogP contribution in [-0.4, -0.2) is 34.8 Å². The number of nitrogens with one attached hydrogen (secondary N) is 1. The number of carbonyl (C=O) groups is 2. The summed E-state index contributed by atoms with van der Waals surface area (Å²) in [5.41, 5.74) is 9.08. The molecule has 0 spiro atoms. The Kier molecular flexibility index (Phi) is 5.85. The average Bonchev–Trinajstić information content (AvgIpc) is 2.96. The van der Waals surface area contributed by atoms with E-state index in [9.17, 15) is 14.7 Å². The molecule has 1 amide bonds. The first-order chi connectivity index (χ1) is 11.5.